The van der Waals surface area contributed by atoms with Crippen LogP contribution in [0.3, 0.4) is 0 Å². The molecule has 0 unspecified atom stereocenters. The molecule has 1 aliphatic rings. The second kappa shape index (κ2) is 13.4. The molecule has 0 bridgehead atoms. The Balaban J connectivity index is 1.54. The summed E-state index contributed by atoms with van der Waals surface area (Å²) in [4.78, 5) is 48.7. The molecule has 11 heteroatoms. The maximum Gasteiger partial charge on any atom is 0.248 e. The van der Waals surface area contributed by atoms with Crippen molar-refractivity contribution in [2.75, 3.05) is 45.0 Å². The number of carbonyl (C=O) groups excluding carboxylic acids is 3. The third-order valence-electron chi connectivity index (χ3n) is 5.86. The molecule has 0 radical (unpaired) electrons. The molecule has 3 aromatic rings. The van der Waals surface area contributed by atoms with Gasteiger partial charge in [0.05, 0.1) is 30.6 Å². The van der Waals surface area contributed by atoms with Gasteiger partial charge in [0.2, 0.25) is 17.5 Å². The highest BCUT2D eigenvalue weighted by atomic mass is 16.5. The number of benzene rings is 2. The Labute approximate surface area is 237 Å². The zero-order chi connectivity index (χ0) is 29.4. The van der Waals surface area contributed by atoms with Gasteiger partial charge in [0.1, 0.15) is 30.3 Å². The van der Waals surface area contributed by atoms with Crippen LogP contribution in [0, 0.1) is 0 Å². The first kappa shape index (κ1) is 29.0. The first-order valence-electron chi connectivity index (χ1n) is 12.9. The molecule has 2 aromatic carbocycles. The molecule has 1 aliphatic carbocycles. The Hall–Kier alpha value is -5.03. The van der Waals surface area contributed by atoms with E-state index in [-0.39, 0.29) is 29.8 Å². The number of hydrogen-bond donors (Lipinski definition) is 2. The zero-order valence-corrected chi connectivity index (χ0v) is 23.3. The lowest BCUT2D eigenvalue weighted by Gasteiger charge is -2.17. The fourth-order valence-electron chi connectivity index (χ4n) is 3.90. The number of aromatic nitrogens is 2. The number of fused-ring (bicyclic) bond motifs is 1. The van der Waals surface area contributed by atoms with Gasteiger partial charge in [-0.1, -0.05) is 18.2 Å². The SMILES string of the molecule is CCOc1cc2ncnc(NC3=CC(=O)C(OCc4cccc(OC)c4)=CC3=O)c2cc1NC(=O)C=CCN(C)C. The Morgan fingerprint density at radius 1 is 1.05 bits per heavy atom. The summed E-state index contributed by atoms with van der Waals surface area (Å²) in [6.07, 6.45) is 6.83. The van der Waals surface area contributed by atoms with Crippen molar-refractivity contribution < 1.29 is 28.6 Å². The number of rotatable bonds is 12. The Kier molecular flexibility index (Phi) is 9.43. The number of nitrogens with zero attached hydrogens (tertiary/aromatic N) is 3. The van der Waals surface area contributed by atoms with Gasteiger partial charge >= 0.3 is 0 Å². The van der Waals surface area contributed by atoms with Crippen LogP contribution in [-0.4, -0.2) is 66.7 Å². The van der Waals surface area contributed by atoms with E-state index in [1.54, 1.807) is 37.5 Å². The third-order valence-corrected chi connectivity index (χ3v) is 5.86. The van der Waals surface area contributed by atoms with Crippen molar-refractivity contribution in [3.8, 4) is 11.5 Å². The van der Waals surface area contributed by atoms with E-state index in [0.29, 0.717) is 41.2 Å². The minimum Gasteiger partial charge on any atom is -0.497 e. The van der Waals surface area contributed by atoms with Gasteiger partial charge in [-0.15, -0.1) is 0 Å². The predicted molar refractivity (Wildman–Crippen MR) is 155 cm³/mol. The number of methoxy groups -OCH3 is 1. The molecule has 1 aromatic heterocycles. The van der Waals surface area contributed by atoms with Crippen molar-refractivity contribution in [2.24, 2.45) is 0 Å². The lowest BCUT2D eigenvalue weighted by atomic mass is 10.1. The number of likely N-dealkylation sites (N-methyl/N-ethyl adjacent to an activating group) is 1. The number of allylic oxidation sites excluding steroid dienone is 2. The van der Waals surface area contributed by atoms with Crippen LogP contribution in [-0.2, 0) is 25.7 Å². The molecule has 1 amide bonds. The van der Waals surface area contributed by atoms with E-state index >= 15 is 0 Å². The summed E-state index contributed by atoms with van der Waals surface area (Å²) in [6.45, 7) is 2.91. The van der Waals surface area contributed by atoms with Gasteiger partial charge in [-0.3, -0.25) is 14.4 Å². The molecule has 0 atom stereocenters. The standard InChI is InChI=1S/C30H31N5O6/c1-5-40-27-15-22-21(13-24(27)33-29(38)10-7-11-35(2)3)30(32-18-31-22)34-23-14-26(37)28(16-25(23)36)41-17-19-8-6-9-20(12-19)39-4/h6-10,12-16,18H,5,11,17H2,1-4H3,(H,33,38)(H,31,32,34). The summed E-state index contributed by atoms with van der Waals surface area (Å²) in [5, 5.41) is 6.28. The highest BCUT2D eigenvalue weighted by Crippen LogP contribution is 2.33. The molecule has 0 spiro atoms. The molecule has 0 saturated heterocycles. The minimum absolute atomic E-state index is 0.0230. The molecular weight excluding hydrogens is 526 g/mol. The molecule has 2 N–H and O–H groups in total. The number of amides is 1. The predicted octanol–water partition coefficient (Wildman–Crippen LogP) is 3.64. The van der Waals surface area contributed by atoms with Crippen molar-refractivity contribution in [1.29, 1.82) is 0 Å². The van der Waals surface area contributed by atoms with Gasteiger partial charge < -0.3 is 29.7 Å². The van der Waals surface area contributed by atoms with E-state index < -0.39 is 11.6 Å². The van der Waals surface area contributed by atoms with Crippen LogP contribution >= 0.6 is 0 Å². The first-order valence-corrected chi connectivity index (χ1v) is 12.9. The monoisotopic (exact) mass is 557 g/mol. The number of nitrogens with one attached hydrogen (secondary N) is 2. The average Bonchev–Trinajstić information content (AvgIpc) is 2.94. The van der Waals surface area contributed by atoms with E-state index in [9.17, 15) is 14.4 Å². The van der Waals surface area contributed by atoms with E-state index in [0.717, 1.165) is 11.6 Å². The molecule has 4 rings (SSSR count). The van der Waals surface area contributed by atoms with Gasteiger partial charge in [-0.2, -0.15) is 0 Å². The fraction of sp³-hybridized carbons (Fsp3) is 0.233. The molecule has 1 heterocycles. The number of carbonyl (C=O) groups is 3. The van der Waals surface area contributed by atoms with E-state index in [4.69, 9.17) is 14.2 Å². The van der Waals surface area contributed by atoms with Crippen LogP contribution in [0.5, 0.6) is 11.5 Å². The zero-order valence-electron chi connectivity index (χ0n) is 23.3. The van der Waals surface area contributed by atoms with Crippen LogP contribution in [0.2, 0.25) is 0 Å². The van der Waals surface area contributed by atoms with Crippen LogP contribution < -0.4 is 20.1 Å². The molecule has 212 valence electrons. The first-order chi connectivity index (χ1) is 19.8. The van der Waals surface area contributed by atoms with E-state index in [1.807, 2.05) is 38.1 Å². The molecule has 0 fully saturated rings. The highest BCUT2D eigenvalue weighted by Gasteiger charge is 2.23. The summed E-state index contributed by atoms with van der Waals surface area (Å²) in [5.41, 5.74) is 1.73. The largest absolute Gasteiger partial charge is 0.497 e. The Morgan fingerprint density at radius 3 is 2.63 bits per heavy atom. The topological polar surface area (TPSA) is 132 Å². The van der Waals surface area contributed by atoms with Crippen LogP contribution in [0.4, 0.5) is 11.5 Å². The van der Waals surface area contributed by atoms with Gasteiger partial charge in [0.25, 0.3) is 0 Å². The van der Waals surface area contributed by atoms with E-state index in [2.05, 4.69) is 20.6 Å². The van der Waals surface area contributed by atoms with Crippen LogP contribution in [0.15, 0.2) is 78.5 Å². The lowest BCUT2D eigenvalue weighted by Crippen LogP contribution is -2.20. The average molecular weight is 558 g/mol. The molecule has 11 nitrogen and oxygen atoms in total. The molecular formula is C30H31N5O6. The summed E-state index contributed by atoms with van der Waals surface area (Å²) in [6, 6.07) is 10.6. The van der Waals surface area contributed by atoms with Crippen molar-refractivity contribution >= 4 is 39.9 Å². The lowest BCUT2D eigenvalue weighted by molar-refractivity contribution is -0.117. The Morgan fingerprint density at radius 2 is 1.88 bits per heavy atom. The van der Waals surface area contributed by atoms with Gasteiger partial charge in [0, 0.05) is 36.2 Å². The summed E-state index contributed by atoms with van der Waals surface area (Å²) < 4.78 is 16.5. The number of hydrogen-bond acceptors (Lipinski definition) is 10. The normalized spacial score (nSPS) is 13.3. The summed E-state index contributed by atoms with van der Waals surface area (Å²) in [5.74, 6) is 0.0464. The maximum absolute atomic E-state index is 12.9. The molecule has 0 aliphatic heterocycles. The van der Waals surface area contributed by atoms with Gasteiger partial charge in [0.15, 0.2) is 5.76 Å². The maximum atomic E-state index is 12.9. The van der Waals surface area contributed by atoms with Gasteiger partial charge in [-0.25, -0.2) is 9.97 Å². The number of ketones is 2. The van der Waals surface area contributed by atoms with E-state index in [1.165, 1.54) is 18.5 Å². The molecule has 41 heavy (non-hydrogen) atoms. The summed E-state index contributed by atoms with van der Waals surface area (Å²) in [7, 11) is 5.37. The second-order valence-electron chi connectivity index (χ2n) is 9.23. The fourth-order valence-corrected chi connectivity index (χ4v) is 3.90. The highest BCUT2D eigenvalue weighted by molar-refractivity contribution is 6.20. The van der Waals surface area contributed by atoms with Crippen molar-refractivity contribution in [2.45, 2.75) is 13.5 Å². The minimum atomic E-state index is -0.468. The quantitative estimate of drug-likeness (QED) is 0.251. The number of anilines is 2. The smallest absolute Gasteiger partial charge is 0.248 e. The molecule has 0 saturated carbocycles. The number of ether oxygens (including phenoxy) is 3. The Bertz CT molecular complexity index is 1560. The van der Waals surface area contributed by atoms with Crippen molar-refractivity contribution in [3.63, 3.8) is 0 Å². The third kappa shape index (κ3) is 7.55. The van der Waals surface area contributed by atoms with Crippen LogP contribution in [0.1, 0.15) is 12.5 Å². The second-order valence-corrected chi connectivity index (χ2v) is 9.23. The van der Waals surface area contributed by atoms with Crippen molar-refractivity contribution in [1.82, 2.24) is 14.9 Å². The van der Waals surface area contributed by atoms with Gasteiger partial charge in [-0.05, 0) is 44.8 Å². The van der Waals surface area contributed by atoms with Crippen molar-refractivity contribution in [3.05, 3.63) is 84.0 Å². The van der Waals surface area contributed by atoms with Crippen LogP contribution in [0.25, 0.3) is 10.9 Å². The summed E-state index contributed by atoms with van der Waals surface area (Å²) >= 11 is 0.